The Morgan fingerprint density at radius 1 is 1.29 bits per heavy atom. The standard InChI is InChI=1S/C13H11FO3/c14-13(17)7-6-10(11(15)8-13)12(16)9-4-2-1-3-5-9/h1-7,15,17H,8H2. The number of hydrogen-bond donors (Lipinski definition) is 2. The smallest absolute Gasteiger partial charge is 0.233 e. The molecule has 2 rings (SSSR count). The van der Waals surface area contributed by atoms with E-state index in [0.717, 1.165) is 12.2 Å². The molecule has 0 aromatic heterocycles. The average molecular weight is 234 g/mol. The van der Waals surface area contributed by atoms with E-state index in [1.807, 2.05) is 0 Å². The maximum Gasteiger partial charge on any atom is 0.233 e. The van der Waals surface area contributed by atoms with Crippen LogP contribution in [0, 0.1) is 0 Å². The monoisotopic (exact) mass is 234 g/mol. The molecule has 0 saturated carbocycles. The Hall–Kier alpha value is -1.94. The van der Waals surface area contributed by atoms with Gasteiger partial charge in [-0.3, -0.25) is 4.79 Å². The SMILES string of the molecule is O=C(C1=C(O)CC(O)(F)C=C1)c1ccccc1. The highest BCUT2D eigenvalue weighted by Crippen LogP contribution is 2.28. The molecule has 2 N–H and O–H groups in total. The van der Waals surface area contributed by atoms with Gasteiger partial charge in [-0.2, -0.15) is 0 Å². The quantitative estimate of drug-likeness (QED) is 0.772. The fraction of sp³-hybridized carbons (Fsp3) is 0.154. The fourth-order valence-electron chi connectivity index (χ4n) is 1.65. The first-order chi connectivity index (χ1) is 7.99. The number of allylic oxidation sites excluding steroid dienone is 2. The van der Waals surface area contributed by atoms with Crippen molar-refractivity contribution in [1.29, 1.82) is 0 Å². The van der Waals surface area contributed by atoms with E-state index in [1.54, 1.807) is 30.3 Å². The number of carbonyl (C=O) groups is 1. The third kappa shape index (κ3) is 2.42. The molecule has 0 aliphatic heterocycles. The number of halogens is 1. The summed E-state index contributed by atoms with van der Waals surface area (Å²) >= 11 is 0. The van der Waals surface area contributed by atoms with Gasteiger partial charge in [0.05, 0.1) is 12.0 Å². The highest BCUT2D eigenvalue weighted by molar-refractivity contribution is 6.11. The van der Waals surface area contributed by atoms with E-state index >= 15 is 0 Å². The third-order valence-corrected chi connectivity index (χ3v) is 2.51. The maximum atomic E-state index is 13.1. The van der Waals surface area contributed by atoms with Gasteiger partial charge < -0.3 is 10.2 Å². The normalized spacial score (nSPS) is 23.9. The van der Waals surface area contributed by atoms with Crippen LogP contribution in [0.1, 0.15) is 16.8 Å². The van der Waals surface area contributed by atoms with Crippen LogP contribution in [0.4, 0.5) is 4.39 Å². The Labute approximate surface area is 97.5 Å². The molecule has 1 atom stereocenters. The predicted octanol–water partition coefficient (Wildman–Crippen LogP) is 2.30. The van der Waals surface area contributed by atoms with Crippen molar-refractivity contribution in [2.24, 2.45) is 0 Å². The number of aliphatic hydroxyl groups is 2. The molecule has 0 radical (unpaired) electrons. The van der Waals surface area contributed by atoms with Gasteiger partial charge >= 0.3 is 0 Å². The average Bonchev–Trinajstić information content (AvgIpc) is 2.28. The van der Waals surface area contributed by atoms with Gasteiger partial charge in [0.2, 0.25) is 5.85 Å². The molecule has 17 heavy (non-hydrogen) atoms. The molecule has 0 heterocycles. The minimum absolute atomic E-state index is 0.0125. The topological polar surface area (TPSA) is 57.5 Å². The van der Waals surface area contributed by atoms with Gasteiger partial charge in [0, 0.05) is 5.56 Å². The zero-order chi connectivity index (χ0) is 12.5. The lowest BCUT2D eigenvalue weighted by molar-refractivity contribution is -0.0485. The van der Waals surface area contributed by atoms with Crippen LogP contribution >= 0.6 is 0 Å². The summed E-state index contributed by atoms with van der Waals surface area (Å²) < 4.78 is 13.1. The van der Waals surface area contributed by atoms with Crippen molar-refractivity contribution in [3.05, 3.63) is 59.4 Å². The number of rotatable bonds is 2. The summed E-state index contributed by atoms with van der Waals surface area (Å²) in [5.74, 6) is -3.41. The molecule has 4 heteroatoms. The van der Waals surface area contributed by atoms with Gasteiger partial charge in [0.15, 0.2) is 5.78 Å². The Balaban J connectivity index is 2.31. The number of Topliss-reactive ketones (excluding diaryl/α,β-unsaturated/α-hetero) is 1. The minimum Gasteiger partial charge on any atom is -0.511 e. The van der Waals surface area contributed by atoms with Gasteiger partial charge in [0.1, 0.15) is 5.76 Å². The van der Waals surface area contributed by atoms with Crippen LogP contribution < -0.4 is 0 Å². The van der Waals surface area contributed by atoms with Crippen molar-refractivity contribution in [3.63, 3.8) is 0 Å². The van der Waals surface area contributed by atoms with E-state index in [2.05, 4.69) is 0 Å². The molecule has 0 amide bonds. The van der Waals surface area contributed by atoms with Crippen LogP contribution in [-0.2, 0) is 0 Å². The Kier molecular flexibility index (Phi) is 2.81. The largest absolute Gasteiger partial charge is 0.511 e. The van der Waals surface area contributed by atoms with Crippen LogP contribution in [0.5, 0.6) is 0 Å². The van der Waals surface area contributed by atoms with Crippen LogP contribution in [-0.4, -0.2) is 21.9 Å². The highest BCUT2D eigenvalue weighted by Gasteiger charge is 2.31. The zero-order valence-electron chi connectivity index (χ0n) is 8.93. The number of ketones is 1. The van der Waals surface area contributed by atoms with Crippen LogP contribution in [0.2, 0.25) is 0 Å². The summed E-state index contributed by atoms with van der Waals surface area (Å²) in [5, 5.41) is 18.6. The van der Waals surface area contributed by atoms with Crippen LogP contribution in [0.15, 0.2) is 53.8 Å². The molecule has 1 aliphatic rings. The molecular weight excluding hydrogens is 223 g/mol. The predicted molar refractivity (Wildman–Crippen MR) is 60.2 cm³/mol. The summed E-state index contributed by atoms with van der Waals surface area (Å²) in [4.78, 5) is 11.9. The molecular formula is C13H11FO3. The van der Waals surface area contributed by atoms with Crippen molar-refractivity contribution in [2.45, 2.75) is 12.3 Å². The van der Waals surface area contributed by atoms with E-state index in [-0.39, 0.29) is 5.57 Å². The van der Waals surface area contributed by atoms with Crippen molar-refractivity contribution < 1.29 is 19.4 Å². The molecule has 1 aliphatic carbocycles. The van der Waals surface area contributed by atoms with Crippen molar-refractivity contribution >= 4 is 5.78 Å². The van der Waals surface area contributed by atoms with Gasteiger partial charge in [-0.25, -0.2) is 4.39 Å². The maximum absolute atomic E-state index is 13.1. The molecule has 88 valence electrons. The van der Waals surface area contributed by atoms with E-state index in [0.29, 0.717) is 5.56 Å². The van der Waals surface area contributed by atoms with E-state index in [9.17, 15) is 14.3 Å². The number of alkyl halides is 1. The second-order valence-electron chi connectivity index (χ2n) is 3.88. The lowest BCUT2D eigenvalue weighted by atomic mass is 9.95. The molecule has 0 fully saturated rings. The Bertz CT molecular complexity index is 501. The summed E-state index contributed by atoms with van der Waals surface area (Å²) in [6.45, 7) is 0. The van der Waals surface area contributed by atoms with Gasteiger partial charge in [0.25, 0.3) is 0 Å². The van der Waals surface area contributed by atoms with E-state index in [4.69, 9.17) is 5.11 Å². The van der Waals surface area contributed by atoms with Gasteiger partial charge in [-0.15, -0.1) is 0 Å². The summed E-state index contributed by atoms with van der Waals surface area (Å²) in [7, 11) is 0. The molecule has 3 nitrogen and oxygen atoms in total. The van der Waals surface area contributed by atoms with Gasteiger partial charge in [-0.1, -0.05) is 30.3 Å². The van der Waals surface area contributed by atoms with Crippen molar-refractivity contribution in [1.82, 2.24) is 0 Å². The third-order valence-electron chi connectivity index (χ3n) is 2.51. The Morgan fingerprint density at radius 2 is 1.94 bits per heavy atom. The highest BCUT2D eigenvalue weighted by atomic mass is 19.2. The summed E-state index contributed by atoms with van der Waals surface area (Å²) in [5.41, 5.74) is 0.418. The van der Waals surface area contributed by atoms with Crippen molar-refractivity contribution in [3.8, 4) is 0 Å². The van der Waals surface area contributed by atoms with Crippen LogP contribution in [0.25, 0.3) is 0 Å². The second kappa shape index (κ2) is 4.14. The first-order valence-corrected chi connectivity index (χ1v) is 5.12. The zero-order valence-corrected chi connectivity index (χ0v) is 8.93. The first-order valence-electron chi connectivity index (χ1n) is 5.12. The molecule has 0 saturated heterocycles. The van der Waals surface area contributed by atoms with Crippen LogP contribution in [0.3, 0.4) is 0 Å². The Morgan fingerprint density at radius 3 is 2.53 bits per heavy atom. The van der Waals surface area contributed by atoms with E-state index in [1.165, 1.54) is 0 Å². The number of aliphatic hydroxyl groups excluding tert-OH is 1. The number of hydrogen-bond acceptors (Lipinski definition) is 3. The lowest BCUT2D eigenvalue weighted by Crippen LogP contribution is -2.24. The molecule has 0 bridgehead atoms. The number of carbonyl (C=O) groups excluding carboxylic acids is 1. The molecule has 1 unspecified atom stereocenters. The lowest BCUT2D eigenvalue weighted by Gasteiger charge is -2.19. The molecule has 1 aromatic rings. The minimum atomic E-state index is -2.58. The summed E-state index contributed by atoms with van der Waals surface area (Å²) in [6.07, 6.45) is 1.37. The summed E-state index contributed by atoms with van der Waals surface area (Å²) in [6, 6.07) is 8.37. The second-order valence-corrected chi connectivity index (χ2v) is 3.88. The van der Waals surface area contributed by atoms with Gasteiger partial charge in [-0.05, 0) is 12.2 Å². The van der Waals surface area contributed by atoms with Crippen molar-refractivity contribution in [2.75, 3.05) is 0 Å². The number of benzene rings is 1. The fourth-order valence-corrected chi connectivity index (χ4v) is 1.65. The first kappa shape index (κ1) is 11.5. The van der Waals surface area contributed by atoms with E-state index < -0.39 is 23.8 Å². The molecule has 0 spiro atoms. The molecule has 1 aromatic carbocycles.